The molecule has 0 saturated heterocycles. The fourth-order valence-electron chi connectivity index (χ4n) is 3.15. The molecule has 106 valence electrons. The molecule has 1 aromatic heterocycles. The molecular formula is C17H16N2OS. The van der Waals surface area contributed by atoms with Crippen molar-refractivity contribution < 1.29 is 4.74 Å². The monoisotopic (exact) mass is 296 g/mol. The summed E-state index contributed by atoms with van der Waals surface area (Å²) in [5.74, 6) is 0.970. The average Bonchev–Trinajstić information content (AvgIpc) is 2.81. The Morgan fingerprint density at radius 1 is 1.24 bits per heavy atom. The van der Waals surface area contributed by atoms with Gasteiger partial charge in [-0.3, -0.25) is 0 Å². The minimum Gasteiger partial charge on any atom is -0.493 e. The summed E-state index contributed by atoms with van der Waals surface area (Å²) >= 11 is 5.57. The van der Waals surface area contributed by atoms with Crippen molar-refractivity contribution >= 4 is 23.3 Å². The highest BCUT2D eigenvalue weighted by Gasteiger charge is 2.24. The Morgan fingerprint density at radius 3 is 3.00 bits per heavy atom. The number of aromatic nitrogens is 2. The second kappa shape index (κ2) is 4.74. The zero-order valence-electron chi connectivity index (χ0n) is 11.8. The molecule has 1 N–H and O–H groups in total. The number of benzene rings is 2. The van der Waals surface area contributed by atoms with E-state index in [1.807, 2.05) is 12.1 Å². The van der Waals surface area contributed by atoms with Gasteiger partial charge >= 0.3 is 0 Å². The van der Waals surface area contributed by atoms with Crippen LogP contribution in [0, 0.1) is 11.7 Å². The number of hydrogen-bond donors (Lipinski definition) is 1. The lowest BCUT2D eigenvalue weighted by atomic mass is 10.00. The number of nitrogens with zero attached hydrogens (tertiary/aromatic N) is 1. The van der Waals surface area contributed by atoms with Crippen molar-refractivity contribution in [3.05, 3.63) is 58.4 Å². The number of aromatic amines is 1. The molecular weight excluding hydrogens is 280 g/mol. The van der Waals surface area contributed by atoms with Crippen molar-refractivity contribution in [3.63, 3.8) is 0 Å². The van der Waals surface area contributed by atoms with Gasteiger partial charge < -0.3 is 14.3 Å². The Morgan fingerprint density at radius 2 is 2.10 bits per heavy atom. The van der Waals surface area contributed by atoms with Crippen LogP contribution in [0.3, 0.4) is 0 Å². The topological polar surface area (TPSA) is 29.9 Å². The molecule has 0 bridgehead atoms. The van der Waals surface area contributed by atoms with Gasteiger partial charge in [0.2, 0.25) is 0 Å². The lowest BCUT2D eigenvalue weighted by Gasteiger charge is -2.27. The van der Waals surface area contributed by atoms with Crippen LogP contribution in [0.1, 0.15) is 23.6 Å². The van der Waals surface area contributed by atoms with E-state index in [0.717, 1.165) is 34.6 Å². The van der Waals surface area contributed by atoms with Crippen molar-refractivity contribution in [2.45, 2.75) is 19.4 Å². The molecule has 21 heavy (non-hydrogen) atoms. The smallest absolute Gasteiger partial charge is 0.178 e. The van der Waals surface area contributed by atoms with E-state index in [2.05, 4.69) is 46.8 Å². The second-order valence-electron chi connectivity index (χ2n) is 5.51. The molecule has 0 amide bonds. The van der Waals surface area contributed by atoms with Gasteiger partial charge in [0, 0.05) is 12.0 Å². The number of aryl methyl sites for hydroxylation is 1. The number of nitrogens with one attached hydrogen (secondary N) is 1. The molecule has 1 unspecified atom stereocenters. The molecule has 3 nitrogen and oxygen atoms in total. The van der Waals surface area contributed by atoms with Gasteiger partial charge in [-0.1, -0.05) is 24.3 Å². The molecule has 3 aromatic rings. The fourth-order valence-corrected chi connectivity index (χ4v) is 3.48. The SMILES string of the molecule is Cc1ccc2c(c1)[nH]c(=S)n2C1CCOc2ccccc21. The third-order valence-electron chi connectivity index (χ3n) is 4.11. The molecule has 0 saturated carbocycles. The van der Waals surface area contributed by atoms with Crippen molar-refractivity contribution in [3.8, 4) is 5.75 Å². The maximum Gasteiger partial charge on any atom is 0.178 e. The summed E-state index contributed by atoms with van der Waals surface area (Å²) in [6, 6.07) is 14.9. The van der Waals surface area contributed by atoms with E-state index in [4.69, 9.17) is 17.0 Å². The van der Waals surface area contributed by atoms with Gasteiger partial charge in [0.15, 0.2) is 4.77 Å². The van der Waals surface area contributed by atoms with Crippen LogP contribution in [-0.2, 0) is 0 Å². The molecule has 4 heteroatoms. The first-order valence-corrected chi connectivity index (χ1v) is 7.57. The third-order valence-corrected chi connectivity index (χ3v) is 4.41. The zero-order chi connectivity index (χ0) is 14.4. The van der Waals surface area contributed by atoms with Crippen LogP contribution in [0.5, 0.6) is 5.75 Å². The summed E-state index contributed by atoms with van der Waals surface area (Å²) in [6.45, 7) is 2.82. The standard InChI is InChI=1S/C17H16N2OS/c1-11-6-7-15-13(10-11)18-17(21)19(15)14-8-9-20-16-5-3-2-4-12(14)16/h2-7,10,14H,8-9H2,1H3,(H,18,21). The van der Waals surface area contributed by atoms with Crippen molar-refractivity contribution in [1.82, 2.24) is 9.55 Å². The van der Waals surface area contributed by atoms with E-state index < -0.39 is 0 Å². The lowest BCUT2D eigenvalue weighted by Crippen LogP contribution is -2.20. The molecule has 0 fully saturated rings. The van der Waals surface area contributed by atoms with Gasteiger partial charge in [0.1, 0.15) is 5.75 Å². The molecule has 1 aliphatic heterocycles. The van der Waals surface area contributed by atoms with Gasteiger partial charge in [-0.25, -0.2) is 0 Å². The van der Waals surface area contributed by atoms with Gasteiger partial charge in [0.05, 0.1) is 23.7 Å². The van der Waals surface area contributed by atoms with E-state index in [0.29, 0.717) is 0 Å². The summed E-state index contributed by atoms with van der Waals surface area (Å²) in [5, 5.41) is 0. The highest BCUT2D eigenvalue weighted by atomic mass is 32.1. The van der Waals surface area contributed by atoms with Crippen LogP contribution in [0.15, 0.2) is 42.5 Å². The largest absolute Gasteiger partial charge is 0.493 e. The number of rotatable bonds is 1. The molecule has 1 atom stereocenters. The first-order chi connectivity index (χ1) is 10.2. The van der Waals surface area contributed by atoms with Crippen LogP contribution >= 0.6 is 12.2 Å². The first-order valence-electron chi connectivity index (χ1n) is 7.16. The predicted octanol–water partition coefficient (Wildman–Crippen LogP) is 4.38. The fraction of sp³-hybridized carbons (Fsp3) is 0.235. The van der Waals surface area contributed by atoms with Crippen molar-refractivity contribution in [2.24, 2.45) is 0 Å². The minimum atomic E-state index is 0.235. The molecule has 0 aliphatic carbocycles. The number of H-pyrrole nitrogens is 1. The Labute approximate surface area is 128 Å². The number of hydrogen-bond acceptors (Lipinski definition) is 2. The maximum absolute atomic E-state index is 5.77. The normalized spacial score (nSPS) is 17.5. The average molecular weight is 296 g/mol. The minimum absolute atomic E-state index is 0.235. The number of ether oxygens (including phenoxy) is 1. The summed E-state index contributed by atoms with van der Waals surface area (Å²) in [7, 11) is 0. The van der Waals surface area contributed by atoms with Crippen molar-refractivity contribution in [1.29, 1.82) is 0 Å². The molecule has 2 heterocycles. The van der Waals surface area contributed by atoms with Gasteiger partial charge in [-0.2, -0.15) is 0 Å². The number of para-hydroxylation sites is 1. The van der Waals surface area contributed by atoms with Crippen LogP contribution in [0.25, 0.3) is 11.0 Å². The number of fused-ring (bicyclic) bond motifs is 2. The summed E-state index contributed by atoms with van der Waals surface area (Å²) in [4.78, 5) is 3.33. The quantitative estimate of drug-likeness (QED) is 0.675. The van der Waals surface area contributed by atoms with Gasteiger partial charge in [-0.05, 0) is 42.9 Å². The van der Waals surface area contributed by atoms with Crippen LogP contribution in [0.2, 0.25) is 0 Å². The Kier molecular flexibility index (Phi) is 2.86. The van der Waals surface area contributed by atoms with Crippen LogP contribution in [-0.4, -0.2) is 16.2 Å². The molecule has 2 aromatic carbocycles. The Hall–Kier alpha value is -2.07. The van der Waals surface area contributed by atoms with Gasteiger partial charge in [-0.15, -0.1) is 0 Å². The lowest BCUT2D eigenvalue weighted by molar-refractivity contribution is 0.257. The zero-order valence-corrected chi connectivity index (χ0v) is 12.6. The highest BCUT2D eigenvalue weighted by molar-refractivity contribution is 7.71. The number of imidazole rings is 1. The van der Waals surface area contributed by atoms with E-state index in [-0.39, 0.29) is 6.04 Å². The predicted molar refractivity (Wildman–Crippen MR) is 86.6 cm³/mol. The summed E-state index contributed by atoms with van der Waals surface area (Å²) in [6.07, 6.45) is 0.937. The van der Waals surface area contributed by atoms with E-state index >= 15 is 0 Å². The summed E-state index contributed by atoms with van der Waals surface area (Å²) < 4.78 is 8.77. The van der Waals surface area contributed by atoms with Gasteiger partial charge in [0.25, 0.3) is 0 Å². The van der Waals surface area contributed by atoms with E-state index in [1.54, 1.807) is 0 Å². The maximum atomic E-state index is 5.77. The van der Waals surface area contributed by atoms with Crippen LogP contribution in [0.4, 0.5) is 0 Å². The molecule has 1 aliphatic rings. The Balaban J connectivity index is 1.96. The molecule has 0 spiro atoms. The molecule has 0 radical (unpaired) electrons. The summed E-state index contributed by atoms with van der Waals surface area (Å²) in [5.41, 5.74) is 4.70. The second-order valence-corrected chi connectivity index (χ2v) is 5.90. The van der Waals surface area contributed by atoms with Crippen LogP contribution < -0.4 is 4.74 Å². The highest BCUT2D eigenvalue weighted by Crippen LogP contribution is 2.36. The van der Waals surface area contributed by atoms with E-state index in [9.17, 15) is 0 Å². The Bertz CT molecular complexity index is 878. The van der Waals surface area contributed by atoms with Crippen molar-refractivity contribution in [2.75, 3.05) is 6.61 Å². The third kappa shape index (κ3) is 1.98. The first kappa shape index (κ1) is 12.7. The molecule has 4 rings (SSSR count). The van der Waals surface area contributed by atoms with E-state index in [1.165, 1.54) is 11.1 Å².